The zero-order chi connectivity index (χ0) is 11.7. The predicted octanol–water partition coefficient (Wildman–Crippen LogP) is 2.89. The van der Waals surface area contributed by atoms with Crippen LogP contribution in [-0.4, -0.2) is 9.97 Å². The Bertz CT molecular complexity index is 643. The smallest absolute Gasteiger partial charge is 0.139 e. The van der Waals surface area contributed by atoms with Gasteiger partial charge in [-0.2, -0.15) is 0 Å². The minimum atomic E-state index is 0.640. The molecule has 2 heterocycles. The van der Waals surface area contributed by atoms with Crippen molar-refractivity contribution < 1.29 is 0 Å². The first-order chi connectivity index (χ1) is 8.34. The number of fused-ring (bicyclic) bond motifs is 1. The Morgan fingerprint density at radius 1 is 1.12 bits per heavy atom. The van der Waals surface area contributed by atoms with Gasteiger partial charge in [0.2, 0.25) is 0 Å². The molecule has 0 saturated carbocycles. The number of aromatic amines is 1. The van der Waals surface area contributed by atoms with Gasteiger partial charge in [0.25, 0.3) is 0 Å². The highest BCUT2D eigenvalue weighted by Gasteiger charge is 2.07. The van der Waals surface area contributed by atoms with Crippen LogP contribution in [0.2, 0.25) is 0 Å². The second-order valence-electron chi connectivity index (χ2n) is 3.82. The number of nitrogens with one attached hydrogen (secondary N) is 2. The quantitative estimate of drug-likeness (QED) is 0.627. The van der Waals surface area contributed by atoms with Gasteiger partial charge in [0.1, 0.15) is 5.65 Å². The van der Waals surface area contributed by atoms with Crippen molar-refractivity contribution in [3.8, 4) is 0 Å². The van der Waals surface area contributed by atoms with Crippen LogP contribution < -0.4 is 11.1 Å². The van der Waals surface area contributed by atoms with Crippen LogP contribution in [0, 0.1) is 0 Å². The fraction of sp³-hybridized carbons (Fsp3) is 0. The highest BCUT2D eigenvalue weighted by Crippen LogP contribution is 2.29. The van der Waals surface area contributed by atoms with Gasteiger partial charge >= 0.3 is 0 Å². The topological polar surface area (TPSA) is 66.7 Å². The second kappa shape index (κ2) is 3.83. The number of aromatic nitrogens is 2. The van der Waals surface area contributed by atoms with E-state index in [1.165, 1.54) is 0 Å². The highest BCUT2D eigenvalue weighted by atomic mass is 14.9. The summed E-state index contributed by atoms with van der Waals surface area (Å²) in [6.45, 7) is 0. The van der Waals surface area contributed by atoms with Gasteiger partial charge in [-0.25, -0.2) is 4.98 Å². The predicted molar refractivity (Wildman–Crippen MR) is 70.2 cm³/mol. The van der Waals surface area contributed by atoms with Crippen molar-refractivity contribution >= 4 is 28.1 Å². The summed E-state index contributed by atoms with van der Waals surface area (Å²) in [4.78, 5) is 7.29. The lowest BCUT2D eigenvalue weighted by Crippen LogP contribution is -1.97. The average Bonchev–Trinajstić information content (AvgIpc) is 2.83. The number of nitrogens with two attached hydrogens (primary N) is 1. The Labute approximate surface area is 98.5 Å². The van der Waals surface area contributed by atoms with E-state index < -0.39 is 0 Å². The van der Waals surface area contributed by atoms with E-state index >= 15 is 0 Å². The molecule has 0 bridgehead atoms. The lowest BCUT2D eigenvalue weighted by Gasteiger charge is -2.10. The number of hydrogen-bond acceptors (Lipinski definition) is 3. The summed E-state index contributed by atoms with van der Waals surface area (Å²) in [5.41, 5.74) is 9.32. The SMILES string of the molecule is Nc1cnc2[nH]ccc2c1Nc1ccccc1. The molecule has 0 saturated heterocycles. The molecule has 17 heavy (non-hydrogen) atoms. The molecule has 84 valence electrons. The third kappa shape index (κ3) is 1.69. The van der Waals surface area contributed by atoms with E-state index in [4.69, 9.17) is 5.73 Å². The molecule has 0 unspecified atom stereocenters. The van der Waals surface area contributed by atoms with E-state index in [2.05, 4.69) is 15.3 Å². The number of anilines is 3. The van der Waals surface area contributed by atoms with Crippen LogP contribution in [0.3, 0.4) is 0 Å². The van der Waals surface area contributed by atoms with E-state index in [9.17, 15) is 0 Å². The van der Waals surface area contributed by atoms with E-state index in [-0.39, 0.29) is 0 Å². The second-order valence-corrected chi connectivity index (χ2v) is 3.82. The molecule has 0 aliphatic rings. The Morgan fingerprint density at radius 3 is 2.76 bits per heavy atom. The van der Waals surface area contributed by atoms with E-state index in [0.29, 0.717) is 5.69 Å². The summed E-state index contributed by atoms with van der Waals surface area (Å²) in [7, 11) is 0. The van der Waals surface area contributed by atoms with Crippen LogP contribution in [0.4, 0.5) is 17.1 Å². The molecule has 3 aromatic rings. The van der Waals surface area contributed by atoms with Crippen molar-refractivity contribution in [2.24, 2.45) is 0 Å². The molecule has 0 fully saturated rings. The molecule has 1 aromatic carbocycles. The van der Waals surface area contributed by atoms with E-state index in [1.54, 1.807) is 6.20 Å². The molecule has 0 spiro atoms. The molecule has 0 aliphatic heterocycles. The van der Waals surface area contributed by atoms with Gasteiger partial charge in [-0.05, 0) is 18.2 Å². The number of nitrogen functional groups attached to an aromatic ring is 1. The largest absolute Gasteiger partial charge is 0.396 e. The Kier molecular flexibility index (Phi) is 2.19. The van der Waals surface area contributed by atoms with Crippen LogP contribution in [-0.2, 0) is 0 Å². The van der Waals surface area contributed by atoms with Crippen LogP contribution in [0.25, 0.3) is 11.0 Å². The molecule has 4 nitrogen and oxygen atoms in total. The minimum Gasteiger partial charge on any atom is -0.396 e. The molecule has 0 atom stereocenters. The number of H-pyrrole nitrogens is 1. The Morgan fingerprint density at radius 2 is 1.94 bits per heavy atom. The van der Waals surface area contributed by atoms with Gasteiger partial charge in [0.05, 0.1) is 17.6 Å². The zero-order valence-electron chi connectivity index (χ0n) is 9.14. The lowest BCUT2D eigenvalue weighted by molar-refractivity contribution is 1.33. The van der Waals surface area contributed by atoms with E-state index in [1.807, 2.05) is 42.6 Å². The number of benzene rings is 1. The molecule has 4 heteroatoms. The Hall–Kier alpha value is -2.49. The van der Waals surface area contributed by atoms with Gasteiger partial charge < -0.3 is 16.0 Å². The van der Waals surface area contributed by atoms with Crippen LogP contribution >= 0.6 is 0 Å². The molecule has 0 radical (unpaired) electrons. The first-order valence-electron chi connectivity index (χ1n) is 5.38. The lowest BCUT2D eigenvalue weighted by atomic mass is 10.2. The minimum absolute atomic E-state index is 0.640. The van der Waals surface area contributed by atoms with Crippen LogP contribution in [0.15, 0.2) is 48.8 Å². The molecular formula is C13H12N4. The van der Waals surface area contributed by atoms with E-state index in [0.717, 1.165) is 22.4 Å². The molecule has 0 amide bonds. The molecular weight excluding hydrogens is 212 g/mol. The summed E-state index contributed by atoms with van der Waals surface area (Å²) in [5.74, 6) is 0. The van der Waals surface area contributed by atoms with Crippen molar-refractivity contribution in [3.63, 3.8) is 0 Å². The van der Waals surface area contributed by atoms with Crippen molar-refractivity contribution in [1.29, 1.82) is 0 Å². The zero-order valence-corrected chi connectivity index (χ0v) is 9.14. The first-order valence-corrected chi connectivity index (χ1v) is 5.38. The van der Waals surface area contributed by atoms with Crippen molar-refractivity contribution in [1.82, 2.24) is 9.97 Å². The van der Waals surface area contributed by atoms with Gasteiger partial charge in [-0.1, -0.05) is 18.2 Å². The summed E-state index contributed by atoms with van der Waals surface area (Å²) in [6, 6.07) is 11.9. The van der Waals surface area contributed by atoms with Gasteiger partial charge in [0.15, 0.2) is 0 Å². The maximum atomic E-state index is 5.95. The molecule has 0 aliphatic carbocycles. The monoisotopic (exact) mass is 224 g/mol. The Balaban J connectivity index is 2.10. The van der Waals surface area contributed by atoms with Crippen LogP contribution in [0.1, 0.15) is 0 Å². The maximum Gasteiger partial charge on any atom is 0.139 e. The summed E-state index contributed by atoms with van der Waals surface area (Å²) in [6.07, 6.45) is 3.51. The van der Waals surface area contributed by atoms with Crippen molar-refractivity contribution in [2.75, 3.05) is 11.1 Å². The summed E-state index contributed by atoms with van der Waals surface area (Å²) in [5, 5.41) is 4.31. The number of pyridine rings is 1. The average molecular weight is 224 g/mol. The van der Waals surface area contributed by atoms with Gasteiger partial charge in [-0.3, -0.25) is 0 Å². The normalized spacial score (nSPS) is 10.6. The fourth-order valence-corrected chi connectivity index (χ4v) is 1.83. The van der Waals surface area contributed by atoms with Crippen molar-refractivity contribution in [2.45, 2.75) is 0 Å². The van der Waals surface area contributed by atoms with Crippen LogP contribution in [0.5, 0.6) is 0 Å². The van der Waals surface area contributed by atoms with Gasteiger partial charge in [-0.15, -0.1) is 0 Å². The number of para-hydroxylation sites is 1. The number of nitrogens with zero attached hydrogens (tertiary/aromatic N) is 1. The fourth-order valence-electron chi connectivity index (χ4n) is 1.83. The third-order valence-corrected chi connectivity index (χ3v) is 2.66. The first kappa shape index (κ1) is 9.72. The molecule has 2 aromatic heterocycles. The standard InChI is InChI=1S/C13H12N4/c14-11-8-16-13-10(6-7-15-13)12(11)17-9-4-2-1-3-5-9/h1-8H,14H2,(H2,15,16,17). The third-order valence-electron chi connectivity index (χ3n) is 2.66. The maximum absolute atomic E-state index is 5.95. The summed E-state index contributed by atoms with van der Waals surface area (Å²) < 4.78 is 0. The highest BCUT2D eigenvalue weighted by molar-refractivity contribution is 5.97. The number of rotatable bonds is 2. The molecule has 3 rings (SSSR count). The van der Waals surface area contributed by atoms with Gasteiger partial charge in [0, 0.05) is 17.3 Å². The van der Waals surface area contributed by atoms with Crippen molar-refractivity contribution in [3.05, 3.63) is 48.8 Å². The number of hydrogen-bond donors (Lipinski definition) is 3. The molecule has 4 N–H and O–H groups in total. The summed E-state index contributed by atoms with van der Waals surface area (Å²) >= 11 is 0.